The zero-order chi connectivity index (χ0) is 13.1. The van der Waals surface area contributed by atoms with Gasteiger partial charge in [0.05, 0.1) is 6.10 Å². The van der Waals surface area contributed by atoms with E-state index in [1.54, 1.807) is 18.7 Å². The summed E-state index contributed by atoms with van der Waals surface area (Å²) in [5, 5.41) is 9.83. The number of rotatable bonds is 3. The smallest absolute Gasteiger partial charge is 0.0773 e. The van der Waals surface area contributed by atoms with Gasteiger partial charge in [0, 0.05) is 18.7 Å². The third kappa shape index (κ3) is 3.38. The van der Waals surface area contributed by atoms with Gasteiger partial charge in [0.2, 0.25) is 0 Å². The van der Waals surface area contributed by atoms with Crippen molar-refractivity contribution in [3.05, 3.63) is 57.0 Å². The average Bonchev–Trinajstić information content (AvgIpc) is 2.34. The lowest BCUT2D eigenvalue weighted by molar-refractivity contribution is 0.196. The molecule has 1 N–H and O–H groups in total. The highest BCUT2D eigenvalue weighted by Gasteiger charge is 2.11. The first-order valence-corrected chi connectivity index (χ1v) is 7.88. The molecule has 1 atom stereocenters. The van der Waals surface area contributed by atoms with Crippen LogP contribution in [0.25, 0.3) is 0 Å². The number of benzene rings is 2. The van der Waals surface area contributed by atoms with Crippen molar-refractivity contribution in [2.45, 2.75) is 22.8 Å². The van der Waals surface area contributed by atoms with Crippen molar-refractivity contribution in [2.24, 2.45) is 0 Å². The van der Waals surface area contributed by atoms with E-state index in [0.29, 0.717) is 0 Å². The Morgan fingerprint density at radius 1 is 1.06 bits per heavy atom. The van der Waals surface area contributed by atoms with Crippen molar-refractivity contribution in [2.75, 3.05) is 0 Å². The topological polar surface area (TPSA) is 20.2 Å². The van der Waals surface area contributed by atoms with Crippen LogP contribution in [0, 0.1) is 0 Å². The standard InChI is InChI=1S/C14H12Br2OS/c1-9(17)11-8-10(15)6-7-13(11)18-14-5-3-2-4-12(14)16/h2-9,17H,1H3. The van der Waals surface area contributed by atoms with Crippen LogP contribution in [0.4, 0.5) is 0 Å². The molecule has 0 aromatic heterocycles. The van der Waals surface area contributed by atoms with Crippen molar-refractivity contribution >= 4 is 43.6 Å². The molecule has 0 fully saturated rings. The highest BCUT2D eigenvalue weighted by Crippen LogP contribution is 2.37. The van der Waals surface area contributed by atoms with Gasteiger partial charge in [-0.05, 0) is 58.7 Å². The third-order valence-electron chi connectivity index (χ3n) is 2.48. The lowest BCUT2D eigenvalue weighted by Crippen LogP contribution is -1.94. The molecule has 0 radical (unpaired) electrons. The van der Waals surface area contributed by atoms with E-state index >= 15 is 0 Å². The molecule has 0 aliphatic heterocycles. The molecular formula is C14H12Br2OS. The molecule has 2 rings (SSSR count). The van der Waals surface area contributed by atoms with Crippen LogP contribution in [0.15, 0.2) is 61.2 Å². The van der Waals surface area contributed by atoms with Crippen LogP contribution >= 0.6 is 43.6 Å². The predicted molar refractivity (Wildman–Crippen MR) is 83.0 cm³/mol. The average molecular weight is 388 g/mol. The van der Waals surface area contributed by atoms with E-state index in [0.717, 1.165) is 24.3 Å². The molecule has 0 saturated carbocycles. The minimum atomic E-state index is -0.479. The Kier molecular flexibility index (Phi) is 4.90. The zero-order valence-corrected chi connectivity index (χ0v) is 13.7. The monoisotopic (exact) mass is 386 g/mol. The van der Waals surface area contributed by atoms with Gasteiger partial charge in [-0.3, -0.25) is 0 Å². The van der Waals surface area contributed by atoms with Crippen molar-refractivity contribution in [3.8, 4) is 0 Å². The van der Waals surface area contributed by atoms with Gasteiger partial charge in [-0.1, -0.05) is 39.8 Å². The van der Waals surface area contributed by atoms with Crippen LogP contribution in [-0.4, -0.2) is 5.11 Å². The Balaban J connectivity index is 2.37. The molecule has 94 valence electrons. The Labute approximate surface area is 128 Å². The molecule has 2 aromatic rings. The molecule has 0 amide bonds. The zero-order valence-electron chi connectivity index (χ0n) is 9.73. The minimum absolute atomic E-state index is 0.479. The van der Waals surface area contributed by atoms with Crippen LogP contribution in [0.1, 0.15) is 18.6 Å². The maximum absolute atomic E-state index is 9.83. The summed E-state index contributed by atoms with van der Waals surface area (Å²) >= 11 is 8.62. The lowest BCUT2D eigenvalue weighted by atomic mass is 10.1. The van der Waals surface area contributed by atoms with Gasteiger partial charge >= 0.3 is 0 Å². The van der Waals surface area contributed by atoms with E-state index in [1.165, 1.54) is 0 Å². The second-order valence-corrected chi connectivity index (χ2v) is 6.74. The molecule has 0 spiro atoms. The van der Waals surface area contributed by atoms with E-state index < -0.39 is 6.10 Å². The lowest BCUT2D eigenvalue weighted by Gasteiger charge is -2.12. The molecule has 0 aliphatic rings. The summed E-state index contributed by atoms with van der Waals surface area (Å²) < 4.78 is 2.05. The van der Waals surface area contributed by atoms with Gasteiger partial charge < -0.3 is 5.11 Å². The Hall–Kier alpha value is -0.290. The number of aliphatic hydroxyl groups is 1. The van der Waals surface area contributed by atoms with E-state index in [9.17, 15) is 5.11 Å². The molecule has 0 heterocycles. The summed E-state index contributed by atoms with van der Waals surface area (Å²) in [6.45, 7) is 1.78. The fraction of sp³-hybridized carbons (Fsp3) is 0.143. The van der Waals surface area contributed by atoms with Gasteiger partial charge in [0.25, 0.3) is 0 Å². The molecule has 2 aromatic carbocycles. The Bertz CT molecular complexity index is 555. The Morgan fingerprint density at radius 2 is 1.78 bits per heavy atom. The van der Waals surface area contributed by atoms with Gasteiger partial charge in [-0.2, -0.15) is 0 Å². The number of halogens is 2. The first kappa shape index (κ1) is 14.1. The molecule has 1 nitrogen and oxygen atoms in total. The summed E-state index contributed by atoms with van der Waals surface area (Å²) in [5.74, 6) is 0. The van der Waals surface area contributed by atoms with Crippen molar-refractivity contribution < 1.29 is 5.11 Å². The quantitative estimate of drug-likeness (QED) is 0.758. The molecular weight excluding hydrogens is 376 g/mol. The van der Waals surface area contributed by atoms with E-state index in [4.69, 9.17) is 0 Å². The maximum Gasteiger partial charge on any atom is 0.0773 e. The van der Waals surface area contributed by atoms with Gasteiger partial charge in [0.1, 0.15) is 0 Å². The van der Waals surface area contributed by atoms with E-state index in [1.807, 2.05) is 36.4 Å². The normalized spacial score (nSPS) is 12.4. The fourth-order valence-corrected chi connectivity index (χ4v) is 3.52. The number of aliphatic hydroxyl groups excluding tert-OH is 1. The second-order valence-electron chi connectivity index (χ2n) is 3.89. The van der Waals surface area contributed by atoms with Crippen molar-refractivity contribution in [1.29, 1.82) is 0 Å². The number of hydrogen-bond donors (Lipinski definition) is 1. The van der Waals surface area contributed by atoms with E-state index in [2.05, 4.69) is 37.9 Å². The van der Waals surface area contributed by atoms with Crippen LogP contribution in [0.5, 0.6) is 0 Å². The van der Waals surface area contributed by atoms with Crippen molar-refractivity contribution in [1.82, 2.24) is 0 Å². The highest BCUT2D eigenvalue weighted by atomic mass is 79.9. The van der Waals surface area contributed by atoms with Gasteiger partial charge in [-0.15, -0.1) is 0 Å². The van der Waals surface area contributed by atoms with Crippen LogP contribution in [0.3, 0.4) is 0 Å². The van der Waals surface area contributed by atoms with Gasteiger partial charge in [-0.25, -0.2) is 0 Å². The summed E-state index contributed by atoms with van der Waals surface area (Å²) in [7, 11) is 0. The highest BCUT2D eigenvalue weighted by molar-refractivity contribution is 9.10. The largest absolute Gasteiger partial charge is 0.389 e. The molecule has 0 saturated heterocycles. The third-order valence-corrected chi connectivity index (χ3v) is 5.09. The number of hydrogen-bond acceptors (Lipinski definition) is 2. The summed E-state index contributed by atoms with van der Waals surface area (Å²) in [5.41, 5.74) is 0.935. The molecule has 4 heteroatoms. The molecule has 1 unspecified atom stereocenters. The summed E-state index contributed by atoms with van der Waals surface area (Å²) in [4.78, 5) is 2.21. The molecule has 0 bridgehead atoms. The predicted octanol–water partition coefficient (Wildman–Crippen LogP) is 5.42. The molecule has 18 heavy (non-hydrogen) atoms. The fourth-order valence-electron chi connectivity index (χ4n) is 1.58. The first-order chi connectivity index (χ1) is 8.58. The van der Waals surface area contributed by atoms with Crippen molar-refractivity contribution in [3.63, 3.8) is 0 Å². The first-order valence-electron chi connectivity index (χ1n) is 5.48. The Morgan fingerprint density at radius 3 is 2.44 bits per heavy atom. The SMILES string of the molecule is CC(O)c1cc(Br)ccc1Sc1ccccc1Br. The van der Waals surface area contributed by atoms with Crippen LogP contribution in [0.2, 0.25) is 0 Å². The maximum atomic E-state index is 9.83. The minimum Gasteiger partial charge on any atom is -0.389 e. The van der Waals surface area contributed by atoms with Gasteiger partial charge in [0.15, 0.2) is 0 Å². The van der Waals surface area contributed by atoms with E-state index in [-0.39, 0.29) is 0 Å². The van der Waals surface area contributed by atoms with Crippen LogP contribution in [-0.2, 0) is 0 Å². The summed E-state index contributed by atoms with van der Waals surface area (Å²) in [6, 6.07) is 14.1. The second kappa shape index (κ2) is 6.24. The molecule has 0 aliphatic carbocycles. The van der Waals surface area contributed by atoms with Crippen LogP contribution < -0.4 is 0 Å². The summed E-state index contributed by atoms with van der Waals surface area (Å²) in [6.07, 6.45) is -0.479.